The van der Waals surface area contributed by atoms with Gasteiger partial charge in [-0.3, -0.25) is 4.99 Å². The summed E-state index contributed by atoms with van der Waals surface area (Å²) in [5.41, 5.74) is 0.322. The molecule has 0 heterocycles. The van der Waals surface area contributed by atoms with Gasteiger partial charge in [0.05, 0.1) is 16.8 Å². The summed E-state index contributed by atoms with van der Waals surface area (Å²) >= 11 is 0. The summed E-state index contributed by atoms with van der Waals surface area (Å²) in [7, 11) is 0. The number of hydrogen-bond donors (Lipinski definition) is 1. The van der Waals surface area contributed by atoms with Crippen molar-refractivity contribution >= 4 is 29.1 Å². The summed E-state index contributed by atoms with van der Waals surface area (Å²) in [6.45, 7) is 3.40. The highest BCUT2D eigenvalue weighted by Gasteiger charge is 2.16. The van der Waals surface area contributed by atoms with Gasteiger partial charge in [-0.2, -0.15) is 5.26 Å². The molecule has 0 amide bonds. The second-order valence-electron chi connectivity index (χ2n) is 3.44. The molecular formula is C13H8N2O2. The number of nitrogens with zero attached hydrogens (tertiary/aromatic N) is 2. The Kier molecular flexibility index (Phi) is 2.59. The van der Waals surface area contributed by atoms with Crippen LogP contribution in [0.15, 0.2) is 35.3 Å². The predicted molar refractivity (Wildman–Crippen MR) is 64.8 cm³/mol. The van der Waals surface area contributed by atoms with E-state index in [9.17, 15) is 4.79 Å². The highest BCUT2D eigenvalue weighted by atomic mass is 16.4. The van der Waals surface area contributed by atoms with Gasteiger partial charge in [0.15, 0.2) is 0 Å². The number of aromatic carboxylic acids is 1. The number of carbonyl (C=O) groups is 1. The normalized spacial score (nSPS) is 9.82. The van der Waals surface area contributed by atoms with Crippen LogP contribution in [-0.4, -0.2) is 17.8 Å². The lowest BCUT2D eigenvalue weighted by molar-refractivity contribution is 0.0697. The smallest absolute Gasteiger partial charge is 0.337 e. The van der Waals surface area contributed by atoms with E-state index < -0.39 is 5.97 Å². The minimum Gasteiger partial charge on any atom is -0.478 e. The number of rotatable bonds is 2. The second kappa shape index (κ2) is 4.06. The van der Waals surface area contributed by atoms with Crippen LogP contribution in [0.5, 0.6) is 0 Å². The quantitative estimate of drug-likeness (QED) is 0.797. The molecule has 2 rings (SSSR count). The SMILES string of the molecule is C=Nc1c(C#N)c(C(=O)O)cc2ccccc12. The van der Waals surface area contributed by atoms with Gasteiger partial charge in [-0.15, -0.1) is 0 Å². The molecule has 0 spiro atoms. The Labute approximate surface area is 97.5 Å². The molecule has 82 valence electrons. The first kappa shape index (κ1) is 10.8. The van der Waals surface area contributed by atoms with Crippen molar-refractivity contribution in [3.05, 3.63) is 41.5 Å². The molecule has 17 heavy (non-hydrogen) atoms. The van der Waals surface area contributed by atoms with E-state index in [0.717, 1.165) is 10.8 Å². The van der Waals surface area contributed by atoms with Gasteiger partial charge >= 0.3 is 5.97 Å². The molecule has 0 aliphatic carbocycles. The number of carboxylic acid groups (broad SMARTS) is 1. The van der Waals surface area contributed by atoms with Gasteiger partial charge in [-0.05, 0) is 18.2 Å². The number of benzene rings is 2. The molecule has 0 unspecified atom stereocenters. The van der Waals surface area contributed by atoms with Crippen LogP contribution >= 0.6 is 0 Å². The lowest BCUT2D eigenvalue weighted by Gasteiger charge is -2.07. The fraction of sp³-hybridized carbons (Fsp3) is 0. The van der Waals surface area contributed by atoms with E-state index >= 15 is 0 Å². The topological polar surface area (TPSA) is 73.5 Å². The Morgan fingerprint density at radius 3 is 2.71 bits per heavy atom. The molecule has 0 atom stereocenters. The summed E-state index contributed by atoms with van der Waals surface area (Å²) in [4.78, 5) is 14.9. The number of fused-ring (bicyclic) bond motifs is 1. The van der Waals surface area contributed by atoms with E-state index in [2.05, 4.69) is 11.7 Å². The fourth-order valence-corrected chi connectivity index (χ4v) is 1.77. The lowest BCUT2D eigenvalue weighted by atomic mass is 9.99. The molecule has 0 saturated carbocycles. The van der Waals surface area contributed by atoms with Crippen LogP contribution in [0.25, 0.3) is 10.8 Å². The van der Waals surface area contributed by atoms with Crippen molar-refractivity contribution < 1.29 is 9.90 Å². The first-order chi connectivity index (χ1) is 8.19. The van der Waals surface area contributed by atoms with Gasteiger partial charge in [0.2, 0.25) is 0 Å². The summed E-state index contributed by atoms with van der Waals surface area (Å²) in [6, 6.07) is 10.5. The summed E-state index contributed by atoms with van der Waals surface area (Å²) < 4.78 is 0. The van der Waals surface area contributed by atoms with E-state index in [1.54, 1.807) is 24.3 Å². The predicted octanol–water partition coefficient (Wildman–Crippen LogP) is 2.74. The van der Waals surface area contributed by atoms with Crippen LogP contribution in [0.2, 0.25) is 0 Å². The van der Waals surface area contributed by atoms with Crippen LogP contribution in [0.3, 0.4) is 0 Å². The summed E-state index contributed by atoms with van der Waals surface area (Å²) in [5.74, 6) is -1.14. The van der Waals surface area contributed by atoms with Gasteiger partial charge in [-0.1, -0.05) is 24.3 Å². The highest BCUT2D eigenvalue weighted by Crippen LogP contribution is 2.32. The van der Waals surface area contributed by atoms with E-state index in [4.69, 9.17) is 10.4 Å². The standard InChI is InChI=1S/C13H8N2O2/c1-15-12-9-5-3-2-4-8(9)6-10(13(16)17)11(12)7-14/h2-6H,1H2,(H,16,17). The molecule has 0 aliphatic rings. The van der Waals surface area contributed by atoms with Crippen LogP contribution in [0.4, 0.5) is 5.69 Å². The summed E-state index contributed by atoms with van der Waals surface area (Å²) in [6.07, 6.45) is 0. The molecule has 4 nitrogen and oxygen atoms in total. The van der Waals surface area contributed by atoms with Crippen LogP contribution in [0, 0.1) is 11.3 Å². The Bertz CT molecular complexity index is 669. The molecule has 2 aromatic rings. The largest absolute Gasteiger partial charge is 0.478 e. The first-order valence-corrected chi connectivity index (χ1v) is 4.85. The Balaban J connectivity index is 3.00. The summed E-state index contributed by atoms with van der Waals surface area (Å²) in [5, 5.41) is 19.6. The maximum Gasteiger partial charge on any atom is 0.337 e. The first-order valence-electron chi connectivity index (χ1n) is 4.85. The van der Waals surface area contributed by atoms with Crippen molar-refractivity contribution in [2.24, 2.45) is 4.99 Å². The minimum atomic E-state index is -1.14. The molecule has 0 saturated heterocycles. The number of aliphatic imine (C=N–C) groups is 1. The van der Waals surface area contributed by atoms with E-state index in [1.165, 1.54) is 6.07 Å². The van der Waals surface area contributed by atoms with Crippen molar-refractivity contribution in [2.45, 2.75) is 0 Å². The third-order valence-corrected chi connectivity index (χ3v) is 2.52. The van der Waals surface area contributed by atoms with Crippen molar-refractivity contribution in [3.63, 3.8) is 0 Å². The maximum atomic E-state index is 11.1. The third-order valence-electron chi connectivity index (χ3n) is 2.52. The zero-order valence-corrected chi connectivity index (χ0v) is 8.84. The zero-order chi connectivity index (χ0) is 12.4. The zero-order valence-electron chi connectivity index (χ0n) is 8.84. The third kappa shape index (κ3) is 1.64. The average molecular weight is 224 g/mol. The number of nitriles is 1. The van der Waals surface area contributed by atoms with Crippen molar-refractivity contribution in [1.82, 2.24) is 0 Å². The molecule has 2 aromatic carbocycles. The van der Waals surface area contributed by atoms with E-state index in [0.29, 0.717) is 5.69 Å². The van der Waals surface area contributed by atoms with Crippen LogP contribution < -0.4 is 0 Å². The molecule has 4 heteroatoms. The molecule has 0 fully saturated rings. The van der Waals surface area contributed by atoms with Crippen molar-refractivity contribution in [3.8, 4) is 6.07 Å². The van der Waals surface area contributed by atoms with Crippen LogP contribution in [-0.2, 0) is 0 Å². The molecular weight excluding hydrogens is 216 g/mol. The lowest BCUT2D eigenvalue weighted by Crippen LogP contribution is -2.00. The number of hydrogen-bond acceptors (Lipinski definition) is 3. The van der Waals surface area contributed by atoms with Gasteiger partial charge < -0.3 is 5.11 Å². The molecule has 1 N–H and O–H groups in total. The van der Waals surface area contributed by atoms with Crippen molar-refractivity contribution in [2.75, 3.05) is 0 Å². The fourth-order valence-electron chi connectivity index (χ4n) is 1.77. The van der Waals surface area contributed by atoms with Gasteiger partial charge in [0.25, 0.3) is 0 Å². The van der Waals surface area contributed by atoms with Gasteiger partial charge in [0.1, 0.15) is 6.07 Å². The minimum absolute atomic E-state index is 0.0474. The molecule has 0 radical (unpaired) electrons. The molecule has 0 aliphatic heterocycles. The van der Waals surface area contributed by atoms with Gasteiger partial charge in [-0.25, -0.2) is 4.79 Å². The van der Waals surface area contributed by atoms with E-state index in [1.807, 2.05) is 6.07 Å². The maximum absolute atomic E-state index is 11.1. The molecule has 0 aromatic heterocycles. The van der Waals surface area contributed by atoms with E-state index in [-0.39, 0.29) is 11.1 Å². The Hall–Kier alpha value is -2.67. The monoisotopic (exact) mass is 224 g/mol. The Morgan fingerprint density at radius 2 is 2.12 bits per heavy atom. The Morgan fingerprint density at radius 1 is 1.41 bits per heavy atom. The van der Waals surface area contributed by atoms with Crippen LogP contribution in [0.1, 0.15) is 15.9 Å². The second-order valence-corrected chi connectivity index (χ2v) is 3.44. The molecule has 0 bridgehead atoms. The number of carboxylic acids is 1. The van der Waals surface area contributed by atoms with Crippen molar-refractivity contribution in [1.29, 1.82) is 5.26 Å². The average Bonchev–Trinajstić information content (AvgIpc) is 2.36. The highest BCUT2D eigenvalue weighted by molar-refractivity contribution is 6.04. The van der Waals surface area contributed by atoms with Gasteiger partial charge in [0, 0.05) is 5.39 Å².